The van der Waals surface area contributed by atoms with Gasteiger partial charge >= 0.3 is 0 Å². The van der Waals surface area contributed by atoms with Crippen molar-refractivity contribution in [1.82, 2.24) is 0 Å². The van der Waals surface area contributed by atoms with Gasteiger partial charge in [-0.3, -0.25) is 0 Å². The van der Waals surface area contributed by atoms with Crippen LogP contribution in [-0.2, 0) is 0 Å². The zero-order valence-electron chi connectivity index (χ0n) is 7.19. The van der Waals surface area contributed by atoms with Gasteiger partial charge in [-0.1, -0.05) is 29.8 Å². The van der Waals surface area contributed by atoms with E-state index in [-0.39, 0.29) is 10.8 Å². The Morgan fingerprint density at radius 1 is 1.31 bits per heavy atom. The molecule has 0 heterocycles. The van der Waals surface area contributed by atoms with Crippen LogP contribution in [0.1, 0.15) is 24.8 Å². The summed E-state index contributed by atoms with van der Waals surface area (Å²) in [5.74, 6) is -0.280. The first-order chi connectivity index (χ1) is 6.29. The first kappa shape index (κ1) is 8.76. The van der Waals surface area contributed by atoms with Crippen molar-refractivity contribution >= 4 is 17.2 Å². The molecule has 0 aromatic heterocycles. The maximum Gasteiger partial charge on any atom is 0.149 e. The summed E-state index contributed by atoms with van der Waals surface area (Å²) in [6.45, 7) is 0. The van der Waals surface area contributed by atoms with E-state index in [0.29, 0.717) is 5.56 Å². The van der Waals surface area contributed by atoms with Crippen LogP contribution in [0.15, 0.2) is 24.3 Å². The Morgan fingerprint density at radius 3 is 2.85 bits per heavy atom. The largest absolute Gasteiger partial charge is 0.205 e. The van der Waals surface area contributed by atoms with E-state index >= 15 is 0 Å². The Hall–Kier alpha value is -0.820. The lowest BCUT2D eigenvalue weighted by Crippen LogP contribution is -1.88. The van der Waals surface area contributed by atoms with Crippen LogP contribution < -0.4 is 0 Å². The molecular formula is C11H10ClF. The molecule has 1 aromatic carbocycles. The first-order valence-corrected chi connectivity index (χ1v) is 4.80. The number of rotatable bonds is 1. The van der Waals surface area contributed by atoms with Crippen molar-refractivity contribution in [2.24, 2.45) is 0 Å². The standard InChI is InChI=1S/C11H10ClF/c12-10-7-3-6-9(11(10)13)8-4-1-2-5-8/h3-4,6-7H,1-2,5H2. The molecule has 0 bridgehead atoms. The van der Waals surface area contributed by atoms with Crippen molar-refractivity contribution in [2.75, 3.05) is 0 Å². The van der Waals surface area contributed by atoms with Gasteiger partial charge in [0.05, 0.1) is 5.02 Å². The minimum Gasteiger partial charge on any atom is -0.205 e. The van der Waals surface area contributed by atoms with E-state index < -0.39 is 0 Å². The molecule has 0 unspecified atom stereocenters. The Kier molecular flexibility index (Phi) is 2.36. The minimum absolute atomic E-state index is 0.213. The molecular weight excluding hydrogens is 187 g/mol. The lowest BCUT2D eigenvalue weighted by atomic mass is 10.1. The minimum atomic E-state index is -0.280. The van der Waals surface area contributed by atoms with Crippen LogP contribution >= 0.6 is 11.6 Å². The second-order valence-corrected chi connectivity index (χ2v) is 3.63. The third kappa shape index (κ3) is 1.61. The van der Waals surface area contributed by atoms with E-state index in [9.17, 15) is 4.39 Å². The molecule has 0 radical (unpaired) electrons. The Morgan fingerprint density at radius 2 is 2.15 bits per heavy atom. The van der Waals surface area contributed by atoms with Gasteiger partial charge < -0.3 is 0 Å². The molecule has 0 saturated carbocycles. The molecule has 0 spiro atoms. The molecule has 1 aliphatic rings. The van der Waals surface area contributed by atoms with Crippen LogP contribution in [0.3, 0.4) is 0 Å². The summed E-state index contributed by atoms with van der Waals surface area (Å²) >= 11 is 5.69. The lowest BCUT2D eigenvalue weighted by molar-refractivity contribution is 0.624. The topological polar surface area (TPSA) is 0 Å². The maximum atomic E-state index is 13.5. The van der Waals surface area contributed by atoms with Crippen molar-refractivity contribution in [2.45, 2.75) is 19.3 Å². The highest BCUT2D eigenvalue weighted by Gasteiger charge is 2.12. The number of allylic oxidation sites excluding steroid dienone is 2. The second-order valence-electron chi connectivity index (χ2n) is 3.22. The van der Waals surface area contributed by atoms with E-state index in [1.165, 1.54) is 0 Å². The van der Waals surface area contributed by atoms with E-state index in [1.807, 2.05) is 0 Å². The van der Waals surface area contributed by atoms with Crippen molar-refractivity contribution in [3.8, 4) is 0 Å². The molecule has 0 atom stereocenters. The monoisotopic (exact) mass is 196 g/mol. The lowest BCUT2D eigenvalue weighted by Gasteiger charge is -2.04. The first-order valence-electron chi connectivity index (χ1n) is 4.42. The van der Waals surface area contributed by atoms with Crippen molar-refractivity contribution in [1.29, 1.82) is 0 Å². The summed E-state index contributed by atoms with van der Waals surface area (Å²) in [6, 6.07) is 5.16. The predicted octanol–water partition coefficient (Wildman–Crippen LogP) is 4.05. The number of halogens is 2. The molecule has 2 rings (SSSR count). The molecule has 0 nitrogen and oxygen atoms in total. The molecule has 0 aliphatic heterocycles. The van der Waals surface area contributed by atoms with E-state index in [2.05, 4.69) is 6.08 Å². The average molecular weight is 197 g/mol. The highest BCUT2D eigenvalue weighted by atomic mass is 35.5. The smallest absolute Gasteiger partial charge is 0.149 e. The van der Waals surface area contributed by atoms with Crippen LogP contribution in [0.4, 0.5) is 4.39 Å². The summed E-state index contributed by atoms with van der Waals surface area (Å²) in [5.41, 5.74) is 1.77. The van der Waals surface area contributed by atoms with Crippen LogP contribution in [0.25, 0.3) is 5.57 Å². The van der Waals surface area contributed by atoms with Gasteiger partial charge in [0.1, 0.15) is 5.82 Å². The van der Waals surface area contributed by atoms with Gasteiger partial charge in [-0.2, -0.15) is 0 Å². The zero-order chi connectivity index (χ0) is 9.26. The van der Waals surface area contributed by atoms with Gasteiger partial charge in [0.25, 0.3) is 0 Å². The number of hydrogen-bond donors (Lipinski definition) is 0. The molecule has 0 fully saturated rings. The predicted molar refractivity (Wildman–Crippen MR) is 53.2 cm³/mol. The summed E-state index contributed by atoms with van der Waals surface area (Å²) < 4.78 is 13.5. The normalized spacial score (nSPS) is 16.0. The zero-order valence-corrected chi connectivity index (χ0v) is 7.94. The summed E-state index contributed by atoms with van der Waals surface area (Å²) in [4.78, 5) is 0. The Balaban J connectivity index is 2.45. The van der Waals surface area contributed by atoms with Gasteiger partial charge in [0.2, 0.25) is 0 Å². The fraction of sp³-hybridized carbons (Fsp3) is 0.273. The van der Waals surface area contributed by atoms with Crippen LogP contribution in [0, 0.1) is 5.82 Å². The van der Waals surface area contributed by atoms with E-state index in [1.54, 1.807) is 18.2 Å². The van der Waals surface area contributed by atoms with Gasteiger partial charge in [-0.15, -0.1) is 0 Å². The van der Waals surface area contributed by atoms with Crippen molar-refractivity contribution < 1.29 is 4.39 Å². The highest BCUT2D eigenvalue weighted by molar-refractivity contribution is 6.30. The molecule has 13 heavy (non-hydrogen) atoms. The van der Waals surface area contributed by atoms with Gasteiger partial charge in [0, 0.05) is 5.56 Å². The van der Waals surface area contributed by atoms with Crippen LogP contribution in [0.5, 0.6) is 0 Å². The molecule has 2 heteroatoms. The van der Waals surface area contributed by atoms with Gasteiger partial charge in [-0.05, 0) is 30.9 Å². The molecule has 1 aromatic rings. The third-order valence-electron chi connectivity index (χ3n) is 2.34. The molecule has 1 aliphatic carbocycles. The summed E-state index contributed by atoms with van der Waals surface area (Å²) in [5, 5.41) is 0.213. The van der Waals surface area contributed by atoms with E-state index in [0.717, 1.165) is 24.8 Å². The number of hydrogen-bond acceptors (Lipinski definition) is 0. The molecule has 0 amide bonds. The summed E-state index contributed by atoms with van der Waals surface area (Å²) in [6.07, 6.45) is 5.24. The van der Waals surface area contributed by atoms with Crippen molar-refractivity contribution in [3.63, 3.8) is 0 Å². The summed E-state index contributed by atoms with van der Waals surface area (Å²) in [7, 11) is 0. The molecule has 0 N–H and O–H groups in total. The second kappa shape index (κ2) is 3.51. The fourth-order valence-electron chi connectivity index (χ4n) is 1.67. The third-order valence-corrected chi connectivity index (χ3v) is 2.63. The SMILES string of the molecule is Fc1c(Cl)cccc1C1=CCCC1. The molecule has 0 saturated heterocycles. The quantitative estimate of drug-likeness (QED) is 0.636. The Labute approximate surface area is 82.0 Å². The maximum absolute atomic E-state index is 13.5. The fourth-order valence-corrected chi connectivity index (χ4v) is 1.84. The van der Waals surface area contributed by atoms with Crippen LogP contribution in [0.2, 0.25) is 5.02 Å². The molecule has 68 valence electrons. The van der Waals surface area contributed by atoms with Gasteiger partial charge in [-0.25, -0.2) is 4.39 Å². The van der Waals surface area contributed by atoms with Crippen LogP contribution in [-0.4, -0.2) is 0 Å². The van der Waals surface area contributed by atoms with Gasteiger partial charge in [0.15, 0.2) is 0 Å². The Bertz CT molecular complexity index is 355. The average Bonchev–Trinajstić information content (AvgIpc) is 2.62. The van der Waals surface area contributed by atoms with Crippen molar-refractivity contribution in [3.05, 3.63) is 40.7 Å². The van der Waals surface area contributed by atoms with E-state index in [4.69, 9.17) is 11.6 Å². The highest BCUT2D eigenvalue weighted by Crippen LogP contribution is 2.31. The number of benzene rings is 1.